The summed E-state index contributed by atoms with van der Waals surface area (Å²) in [7, 11) is 0. The van der Waals surface area contributed by atoms with Crippen LogP contribution in [-0.2, 0) is 0 Å². The summed E-state index contributed by atoms with van der Waals surface area (Å²) in [6, 6.07) is 10.1. The number of aliphatic hydroxyl groups excluding tert-OH is 2. The molecule has 0 aliphatic heterocycles. The highest BCUT2D eigenvalue weighted by Gasteiger charge is 2.34. The second-order valence-electron chi connectivity index (χ2n) is 11.2. The lowest BCUT2D eigenvalue weighted by Gasteiger charge is -2.21. The van der Waals surface area contributed by atoms with Crippen molar-refractivity contribution >= 4 is 33.3 Å². The van der Waals surface area contributed by atoms with E-state index in [-0.39, 0.29) is 24.6 Å². The van der Waals surface area contributed by atoms with Crippen molar-refractivity contribution in [1.29, 1.82) is 0 Å². The van der Waals surface area contributed by atoms with Crippen molar-refractivity contribution in [2.24, 2.45) is 11.8 Å². The van der Waals surface area contributed by atoms with Crippen LogP contribution in [0.2, 0.25) is 0 Å². The van der Waals surface area contributed by atoms with Crippen LogP contribution in [-0.4, -0.2) is 55.5 Å². The number of pyridine rings is 1. The summed E-state index contributed by atoms with van der Waals surface area (Å²) in [6.07, 6.45) is 4.81. The summed E-state index contributed by atoms with van der Waals surface area (Å²) < 4.78 is 7.01. The Balaban J connectivity index is 1.36. The zero-order valence-electron chi connectivity index (χ0n) is 23.1. The minimum absolute atomic E-state index is 0.00533. The molecule has 0 spiro atoms. The van der Waals surface area contributed by atoms with Crippen LogP contribution in [0.4, 0.5) is 11.8 Å². The van der Waals surface area contributed by atoms with Crippen molar-refractivity contribution in [1.82, 2.24) is 19.9 Å². The fourth-order valence-electron chi connectivity index (χ4n) is 5.25. The van der Waals surface area contributed by atoms with E-state index in [2.05, 4.69) is 53.7 Å². The number of rotatable bonds is 10. The van der Waals surface area contributed by atoms with Gasteiger partial charge in [0.15, 0.2) is 0 Å². The summed E-state index contributed by atoms with van der Waals surface area (Å²) in [4.78, 5) is 19.2. The predicted octanol–water partition coefficient (Wildman–Crippen LogP) is 5.27. The van der Waals surface area contributed by atoms with Crippen LogP contribution in [0, 0.1) is 25.7 Å². The van der Waals surface area contributed by atoms with Gasteiger partial charge in [0.1, 0.15) is 16.3 Å². The van der Waals surface area contributed by atoms with Crippen molar-refractivity contribution in [3.8, 4) is 16.5 Å². The van der Waals surface area contributed by atoms with E-state index in [1.807, 2.05) is 13.0 Å². The Morgan fingerprint density at radius 1 is 1.05 bits per heavy atom. The lowest BCUT2D eigenvalue weighted by atomic mass is 10.1. The first-order chi connectivity index (χ1) is 19.4. The van der Waals surface area contributed by atoms with Crippen LogP contribution in [0.15, 0.2) is 36.5 Å². The molecule has 4 atom stereocenters. The second kappa shape index (κ2) is 11.3. The molecule has 0 amide bonds. The Labute approximate surface area is 238 Å². The van der Waals surface area contributed by atoms with Gasteiger partial charge in [0.05, 0.1) is 40.8 Å². The number of nitrogens with zero attached hydrogens (tertiary/aromatic N) is 4. The van der Waals surface area contributed by atoms with E-state index >= 15 is 0 Å². The largest absolute Gasteiger partial charge is 0.476 e. The highest BCUT2D eigenvalue weighted by Crippen LogP contribution is 2.40. The second-order valence-corrected chi connectivity index (χ2v) is 12.2. The molecule has 2 aliphatic carbocycles. The number of anilines is 2. The summed E-state index contributed by atoms with van der Waals surface area (Å²) in [5, 5.41) is 28.2. The molecule has 4 unspecified atom stereocenters. The average molecular weight is 561 g/mol. The molecule has 9 nitrogen and oxygen atoms in total. The number of benzene rings is 1. The molecule has 0 bridgehead atoms. The summed E-state index contributed by atoms with van der Waals surface area (Å²) in [5.41, 5.74) is 4.66. The van der Waals surface area contributed by atoms with Gasteiger partial charge in [-0.2, -0.15) is 4.98 Å². The van der Waals surface area contributed by atoms with Gasteiger partial charge in [-0.25, -0.2) is 15.0 Å². The third kappa shape index (κ3) is 5.75. The number of aryl methyl sites for hydroxylation is 2. The molecular weight excluding hydrogens is 524 g/mol. The number of ether oxygens (including phenoxy) is 1. The number of hydrogen-bond donors (Lipinski definition) is 4. The maximum Gasteiger partial charge on any atom is 0.241 e. The van der Waals surface area contributed by atoms with Crippen molar-refractivity contribution in [3.05, 3.63) is 53.3 Å². The topological polar surface area (TPSA) is 125 Å². The van der Waals surface area contributed by atoms with E-state index in [1.165, 1.54) is 18.4 Å². The van der Waals surface area contributed by atoms with E-state index < -0.39 is 6.10 Å². The number of aromatic nitrogens is 4. The Morgan fingerprint density at radius 2 is 1.85 bits per heavy atom. The molecule has 3 aromatic heterocycles. The van der Waals surface area contributed by atoms with Crippen LogP contribution in [0.25, 0.3) is 20.8 Å². The van der Waals surface area contributed by atoms with Crippen molar-refractivity contribution < 1.29 is 14.9 Å². The van der Waals surface area contributed by atoms with Crippen LogP contribution in [0.1, 0.15) is 55.5 Å². The lowest BCUT2D eigenvalue weighted by molar-refractivity contribution is 0.157. The quantitative estimate of drug-likeness (QED) is 0.205. The molecule has 40 heavy (non-hydrogen) atoms. The highest BCUT2D eigenvalue weighted by atomic mass is 32.1. The van der Waals surface area contributed by atoms with E-state index in [9.17, 15) is 10.2 Å². The molecule has 4 N–H and O–H groups in total. The van der Waals surface area contributed by atoms with Gasteiger partial charge in [0.25, 0.3) is 0 Å². The first-order valence-corrected chi connectivity index (χ1v) is 14.9. The zero-order chi connectivity index (χ0) is 27.8. The molecule has 2 fully saturated rings. The van der Waals surface area contributed by atoms with Gasteiger partial charge in [-0.3, -0.25) is 0 Å². The van der Waals surface area contributed by atoms with E-state index in [0.717, 1.165) is 32.0 Å². The lowest BCUT2D eigenvalue weighted by Crippen LogP contribution is -2.29. The molecule has 10 heteroatoms. The van der Waals surface area contributed by atoms with Gasteiger partial charge in [0.2, 0.25) is 11.8 Å². The molecule has 3 heterocycles. The Hall–Kier alpha value is -3.34. The molecule has 4 aromatic rings. The van der Waals surface area contributed by atoms with Crippen LogP contribution in [0.5, 0.6) is 5.88 Å². The molecule has 0 saturated heterocycles. The Bertz CT molecular complexity index is 1490. The van der Waals surface area contributed by atoms with E-state index in [4.69, 9.17) is 19.7 Å². The first-order valence-electron chi connectivity index (χ1n) is 14.0. The maximum atomic E-state index is 10.8. The van der Waals surface area contributed by atoms with Gasteiger partial charge in [-0.1, -0.05) is 29.8 Å². The molecule has 1 aromatic carbocycles. The fourth-order valence-corrected chi connectivity index (χ4v) is 6.30. The maximum absolute atomic E-state index is 10.8. The predicted molar refractivity (Wildman–Crippen MR) is 158 cm³/mol. The van der Waals surface area contributed by atoms with E-state index in [1.54, 1.807) is 17.5 Å². The number of hydrogen-bond acceptors (Lipinski definition) is 10. The average Bonchev–Trinajstić information content (AvgIpc) is 3.56. The summed E-state index contributed by atoms with van der Waals surface area (Å²) in [6.45, 7) is 6.84. The van der Waals surface area contributed by atoms with Crippen molar-refractivity contribution in [2.75, 3.05) is 23.8 Å². The van der Waals surface area contributed by atoms with Gasteiger partial charge in [-0.05, 0) is 69.9 Å². The van der Waals surface area contributed by atoms with Crippen LogP contribution < -0.4 is 15.4 Å². The normalized spacial score (nSPS) is 21.5. The molecule has 2 saturated carbocycles. The third-order valence-electron chi connectivity index (χ3n) is 7.86. The molecular formula is C30H36N6O3S. The van der Waals surface area contributed by atoms with Crippen LogP contribution >= 0.6 is 11.3 Å². The van der Waals surface area contributed by atoms with Gasteiger partial charge in [0, 0.05) is 12.8 Å². The zero-order valence-corrected chi connectivity index (χ0v) is 23.9. The van der Waals surface area contributed by atoms with Crippen molar-refractivity contribution in [2.45, 2.75) is 64.6 Å². The Kier molecular flexibility index (Phi) is 7.57. The minimum atomic E-state index is -0.579. The van der Waals surface area contributed by atoms with Gasteiger partial charge < -0.3 is 25.6 Å². The standard InChI is InChI=1S/C30H36N6O3S/c1-16-4-8-21(9-5-16)17(2)32-30-33-18(3)25(27(36-30)34-22-12-20(14-37)13-23(22)38)29-35-26-24(40-29)10-11-31-28(26)39-15-19-6-7-19/h4-5,8-11,17,19-20,22-23,37-38H,6-7,12-15H2,1-3H3,(H2,32,33,34,36). The number of aliphatic hydroxyl groups is 2. The van der Waals surface area contributed by atoms with E-state index in [0.29, 0.717) is 43.0 Å². The molecule has 0 radical (unpaired) electrons. The molecule has 2 aliphatic rings. The Morgan fingerprint density at radius 3 is 2.58 bits per heavy atom. The number of nitrogens with one attached hydrogen (secondary N) is 2. The third-order valence-corrected chi connectivity index (χ3v) is 8.90. The number of fused-ring (bicyclic) bond motifs is 1. The SMILES string of the molecule is Cc1ccc(C(C)Nc2nc(C)c(-c3nc4c(OCC5CC5)nccc4s3)c(NC3CC(CO)CC3O)n2)cc1. The van der Waals surface area contributed by atoms with Gasteiger partial charge >= 0.3 is 0 Å². The van der Waals surface area contributed by atoms with Crippen LogP contribution in [0.3, 0.4) is 0 Å². The smallest absolute Gasteiger partial charge is 0.241 e. The fraction of sp³-hybridized carbons (Fsp3) is 0.467. The van der Waals surface area contributed by atoms with Gasteiger partial charge in [-0.15, -0.1) is 11.3 Å². The van der Waals surface area contributed by atoms with Crippen molar-refractivity contribution in [3.63, 3.8) is 0 Å². The minimum Gasteiger partial charge on any atom is -0.476 e. The first kappa shape index (κ1) is 26.9. The monoisotopic (exact) mass is 560 g/mol. The summed E-state index contributed by atoms with van der Waals surface area (Å²) >= 11 is 1.55. The molecule has 6 rings (SSSR count). The number of thiazole rings is 1. The molecule has 210 valence electrons. The summed E-state index contributed by atoms with van der Waals surface area (Å²) in [5.74, 6) is 2.34. The highest BCUT2D eigenvalue weighted by molar-refractivity contribution is 7.21.